The van der Waals surface area contributed by atoms with Crippen molar-refractivity contribution in [2.24, 2.45) is 0 Å². The minimum atomic E-state index is -1.46. The Kier molecular flexibility index (Phi) is 3.04. The van der Waals surface area contributed by atoms with Gasteiger partial charge in [0.25, 0.3) is 11.8 Å². The van der Waals surface area contributed by atoms with Crippen LogP contribution >= 0.6 is 0 Å². The van der Waals surface area contributed by atoms with Gasteiger partial charge in [-0.05, 0) is 17.7 Å². The van der Waals surface area contributed by atoms with Crippen LogP contribution in [-0.4, -0.2) is 35.2 Å². The van der Waals surface area contributed by atoms with Gasteiger partial charge < -0.3 is 19.8 Å². The lowest BCUT2D eigenvalue weighted by Crippen LogP contribution is -2.34. The summed E-state index contributed by atoms with van der Waals surface area (Å²) >= 11 is 0. The molecule has 2 rings (SSSR count). The number of imide groups is 1. The van der Waals surface area contributed by atoms with Crippen molar-refractivity contribution in [2.75, 3.05) is 6.54 Å². The molecule has 0 fully saturated rings. The topological polar surface area (TPSA) is 118 Å². The van der Waals surface area contributed by atoms with Gasteiger partial charge >= 0.3 is 0 Å². The minimum absolute atomic E-state index is 0.0494. The number of carbonyl (C=O) groups excluding carboxylic acids is 4. The van der Waals surface area contributed by atoms with E-state index in [9.17, 15) is 29.4 Å². The van der Waals surface area contributed by atoms with E-state index in [0.717, 1.165) is 17.0 Å². The summed E-state index contributed by atoms with van der Waals surface area (Å²) < 4.78 is 0. The lowest BCUT2D eigenvalue weighted by Gasteiger charge is -2.13. The molecule has 0 aromatic heterocycles. The predicted octanol–water partition coefficient (Wildman–Crippen LogP) is -2.21. The molecule has 1 heterocycles. The van der Waals surface area contributed by atoms with Crippen LogP contribution in [0.15, 0.2) is 18.2 Å². The summed E-state index contributed by atoms with van der Waals surface area (Å²) in [5.74, 6) is -4.21. The van der Waals surface area contributed by atoms with E-state index in [1.165, 1.54) is 6.07 Å². The number of aliphatic carboxylic acids is 1. The highest BCUT2D eigenvalue weighted by molar-refractivity contribution is 6.21. The first-order valence-electron chi connectivity index (χ1n) is 5.33. The number of carbonyl (C=O) groups is 4. The molecule has 1 aliphatic heterocycles. The lowest BCUT2D eigenvalue weighted by atomic mass is 10.1. The second-order valence-electron chi connectivity index (χ2n) is 3.93. The van der Waals surface area contributed by atoms with Crippen molar-refractivity contribution in [3.05, 3.63) is 34.9 Å². The molecule has 7 heteroatoms. The molecule has 0 aliphatic carbocycles. The Balaban J connectivity index is 2.33. The van der Waals surface area contributed by atoms with Crippen molar-refractivity contribution >= 4 is 23.8 Å². The number of hydrogen-bond acceptors (Lipinski definition) is 6. The Morgan fingerprint density at radius 1 is 1.05 bits per heavy atom. The number of amides is 2. The van der Waals surface area contributed by atoms with E-state index in [-0.39, 0.29) is 23.2 Å². The number of hydrogen-bond donors (Lipinski definition) is 0. The molecule has 0 saturated heterocycles. The van der Waals surface area contributed by atoms with Crippen molar-refractivity contribution in [2.45, 2.75) is 6.42 Å². The molecular formula is C12H7NO6-2. The van der Waals surface area contributed by atoms with Crippen LogP contribution in [0.2, 0.25) is 0 Å². The molecule has 0 atom stereocenters. The second kappa shape index (κ2) is 4.52. The molecule has 98 valence electrons. The van der Waals surface area contributed by atoms with Gasteiger partial charge in [0.05, 0.1) is 17.1 Å². The Morgan fingerprint density at radius 3 is 2.26 bits per heavy atom. The molecule has 0 saturated carbocycles. The maximum absolute atomic E-state index is 11.9. The van der Waals surface area contributed by atoms with Gasteiger partial charge in [0, 0.05) is 18.9 Å². The third-order valence-corrected chi connectivity index (χ3v) is 2.75. The van der Waals surface area contributed by atoms with E-state index < -0.39 is 30.2 Å². The third-order valence-electron chi connectivity index (χ3n) is 2.75. The van der Waals surface area contributed by atoms with Crippen LogP contribution < -0.4 is 10.2 Å². The second-order valence-corrected chi connectivity index (χ2v) is 3.93. The minimum Gasteiger partial charge on any atom is -0.550 e. The molecule has 0 N–H and O–H groups in total. The first kappa shape index (κ1) is 12.7. The Labute approximate surface area is 107 Å². The number of nitrogens with zero attached hydrogens (tertiary/aromatic N) is 1. The first-order valence-corrected chi connectivity index (χ1v) is 5.33. The first-order chi connectivity index (χ1) is 8.91. The maximum atomic E-state index is 11.9. The van der Waals surface area contributed by atoms with E-state index in [2.05, 4.69) is 0 Å². The van der Waals surface area contributed by atoms with E-state index >= 15 is 0 Å². The molecule has 1 aromatic carbocycles. The molecule has 0 unspecified atom stereocenters. The molecular weight excluding hydrogens is 254 g/mol. The highest BCUT2D eigenvalue weighted by atomic mass is 16.4. The van der Waals surface area contributed by atoms with E-state index in [4.69, 9.17) is 0 Å². The lowest BCUT2D eigenvalue weighted by molar-refractivity contribution is -0.305. The normalized spacial score (nSPS) is 13.6. The summed E-state index contributed by atoms with van der Waals surface area (Å²) in [6, 6.07) is 3.41. The SMILES string of the molecule is O=C([O-])CCN1C(=O)c2ccc(C(=O)[O-])cc2C1=O. The molecule has 2 amide bonds. The predicted molar refractivity (Wildman–Crippen MR) is 55.8 cm³/mol. The molecule has 0 radical (unpaired) electrons. The Bertz CT molecular complexity index is 606. The Hall–Kier alpha value is -2.70. The highest BCUT2D eigenvalue weighted by Gasteiger charge is 2.35. The number of benzene rings is 1. The van der Waals surface area contributed by atoms with Crippen molar-refractivity contribution in [3.8, 4) is 0 Å². The van der Waals surface area contributed by atoms with Crippen molar-refractivity contribution in [1.29, 1.82) is 0 Å². The van der Waals surface area contributed by atoms with Gasteiger partial charge in [0.2, 0.25) is 0 Å². The van der Waals surface area contributed by atoms with E-state index in [1.807, 2.05) is 0 Å². The van der Waals surface area contributed by atoms with Crippen LogP contribution in [0.4, 0.5) is 0 Å². The maximum Gasteiger partial charge on any atom is 0.261 e. The summed E-state index contributed by atoms with van der Waals surface area (Å²) in [5.41, 5.74) is -0.236. The van der Waals surface area contributed by atoms with E-state index in [0.29, 0.717) is 0 Å². The average molecular weight is 261 g/mol. The molecule has 0 spiro atoms. The van der Waals surface area contributed by atoms with Gasteiger partial charge in [-0.1, -0.05) is 6.07 Å². The summed E-state index contributed by atoms with van der Waals surface area (Å²) in [4.78, 5) is 45.5. The van der Waals surface area contributed by atoms with E-state index in [1.54, 1.807) is 0 Å². The van der Waals surface area contributed by atoms with Crippen LogP contribution in [0.25, 0.3) is 0 Å². The number of rotatable bonds is 4. The van der Waals surface area contributed by atoms with Crippen LogP contribution in [-0.2, 0) is 4.79 Å². The Morgan fingerprint density at radius 2 is 1.68 bits per heavy atom. The van der Waals surface area contributed by atoms with Gasteiger partial charge in [-0.15, -0.1) is 0 Å². The molecule has 0 bridgehead atoms. The quantitative estimate of drug-likeness (QED) is 0.567. The summed E-state index contributed by atoms with van der Waals surface area (Å²) in [6.45, 7) is -0.310. The van der Waals surface area contributed by atoms with Gasteiger partial charge in [-0.2, -0.15) is 0 Å². The van der Waals surface area contributed by atoms with Crippen LogP contribution in [0, 0.1) is 0 Å². The molecule has 7 nitrogen and oxygen atoms in total. The fourth-order valence-corrected chi connectivity index (χ4v) is 1.82. The zero-order valence-electron chi connectivity index (χ0n) is 9.54. The third kappa shape index (κ3) is 2.17. The number of aromatic carboxylic acids is 1. The summed E-state index contributed by atoms with van der Waals surface area (Å²) in [6.07, 6.45) is -0.473. The highest BCUT2D eigenvalue weighted by Crippen LogP contribution is 2.23. The zero-order chi connectivity index (χ0) is 14.2. The van der Waals surface area contributed by atoms with Crippen LogP contribution in [0.3, 0.4) is 0 Å². The van der Waals surface area contributed by atoms with Crippen LogP contribution in [0.5, 0.6) is 0 Å². The zero-order valence-corrected chi connectivity index (χ0v) is 9.54. The molecule has 19 heavy (non-hydrogen) atoms. The van der Waals surface area contributed by atoms with Crippen LogP contribution in [0.1, 0.15) is 37.5 Å². The summed E-state index contributed by atoms with van der Waals surface area (Å²) in [5, 5.41) is 21.0. The van der Waals surface area contributed by atoms with Crippen molar-refractivity contribution in [3.63, 3.8) is 0 Å². The number of fused-ring (bicyclic) bond motifs is 1. The fourth-order valence-electron chi connectivity index (χ4n) is 1.82. The number of carboxylic acids is 2. The standard InChI is InChI=1S/C12H9NO6/c14-9(15)3-4-13-10(16)7-2-1-6(12(18)19)5-8(7)11(13)17/h1-2,5H,3-4H2,(H,14,15)(H,18,19)/p-2. The summed E-state index contributed by atoms with van der Waals surface area (Å²) in [7, 11) is 0. The van der Waals surface area contributed by atoms with Crippen molar-refractivity contribution < 1.29 is 29.4 Å². The van der Waals surface area contributed by atoms with Gasteiger partial charge in [-0.25, -0.2) is 0 Å². The van der Waals surface area contributed by atoms with Crippen molar-refractivity contribution in [1.82, 2.24) is 4.90 Å². The average Bonchev–Trinajstić information content (AvgIpc) is 2.59. The largest absolute Gasteiger partial charge is 0.550 e. The van der Waals surface area contributed by atoms with Gasteiger partial charge in [0.15, 0.2) is 0 Å². The fraction of sp³-hybridized carbons (Fsp3) is 0.167. The molecule has 1 aromatic rings. The van der Waals surface area contributed by atoms with Gasteiger partial charge in [-0.3, -0.25) is 14.5 Å². The monoisotopic (exact) mass is 261 g/mol. The molecule has 1 aliphatic rings. The van der Waals surface area contributed by atoms with Gasteiger partial charge in [0.1, 0.15) is 0 Å². The number of carboxylic acid groups (broad SMARTS) is 2. The smallest absolute Gasteiger partial charge is 0.261 e.